The van der Waals surface area contributed by atoms with Gasteiger partial charge in [0.2, 0.25) is 0 Å². The number of urea groups is 1. The van der Waals surface area contributed by atoms with Crippen molar-refractivity contribution in [1.29, 1.82) is 0 Å². The molecule has 1 rings (SSSR count). The van der Waals surface area contributed by atoms with Crippen LogP contribution >= 0.6 is 0 Å². The van der Waals surface area contributed by atoms with Crippen molar-refractivity contribution >= 4 is 12.0 Å². The maximum atomic E-state index is 11.7. The molecule has 0 aromatic heterocycles. The Morgan fingerprint density at radius 1 is 1.29 bits per heavy atom. The van der Waals surface area contributed by atoms with Crippen LogP contribution in [0.25, 0.3) is 0 Å². The molecule has 0 aromatic carbocycles. The second-order valence-corrected chi connectivity index (χ2v) is 4.49. The molecule has 1 fully saturated rings. The zero-order chi connectivity index (χ0) is 12.8. The number of carbonyl (C=O) groups is 2. The molecular formula is C12H22N2O3. The number of carboxylic acid groups (broad SMARTS) is 1. The van der Waals surface area contributed by atoms with E-state index in [1.807, 2.05) is 13.8 Å². The summed E-state index contributed by atoms with van der Waals surface area (Å²) in [4.78, 5) is 24.4. The Labute approximate surface area is 102 Å². The number of aliphatic carboxylic acids is 1. The predicted octanol–water partition coefficient (Wildman–Crippen LogP) is 1.54. The minimum atomic E-state index is -0.732. The summed E-state index contributed by atoms with van der Waals surface area (Å²) < 4.78 is 0. The summed E-state index contributed by atoms with van der Waals surface area (Å²) in [6.45, 7) is 5.69. The van der Waals surface area contributed by atoms with E-state index in [0.29, 0.717) is 19.6 Å². The molecule has 0 aromatic rings. The number of nitrogens with zero attached hydrogens (tertiary/aromatic N) is 1. The quantitative estimate of drug-likeness (QED) is 0.768. The van der Waals surface area contributed by atoms with Gasteiger partial charge in [-0.2, -0.15) is 0 Å². The molecule has 98 valence electrons. The number of hydrogen-bond acceptors (Lipinski definition) is 2. The molecule has 5 heteroatoms. The largest absolute Gasteiger partial charge is 0.481 e. The van der Waals surface area contributed by atoms with Gasteiger partial charge in [0.15, 0.2) is 0 Å². The van der Waals surface area contributed by atoms with Crippen LogP contribution in [0, 0.1) is 11.8 Å². The highest BCUT2D eigenvalue weighted by atomic mass is 16.4. The monoisotopic (exact) mass is 242 g/mol. The fourth-order valence-electron chi connectivity index (χ4n) is 2.45. The van der Waals surface area contributed by atoms with E-state index < -0.39 is 5.97 Å². The van der Waals surface area contributed by atoms with Crippen molar-refractivity contribution in [3.63, 3.8) is 0 Å². The third kappa shape index (κ3) is 3.61. The minimum Gasteiger partial charge on any atom is -0.481 e. The summed E-state index contributed by atoms with van der Waals surface area (Å²) in [6, 6.07) is -0.0916. The van der Waals surface area contributed by atoms with E-state index in [-0.39, 0.29) is 17.9 Å². The van der Waals surface area contributed by atoms with E-state index in [0.717, 1.165) is 19.3 Å². The molecule has 0 bridgehead atoms. The molecule has 0 radical (unpaired) electrons. The molecule has 0 saturated heterocycles. The van der Waals surface area contributed by atoms with Gasteiger partial charge >= 0.3 is 12.0 Å². The lowest BCUT2D eigenvalue weighted by Gasteiger charge is -2.22. The maximum absolute atomic E-state index is 11.7. The smallest absolute Gasteiger partial charge is 0.317 e. The van der Waals surface area contributed by atoms with Gasteiger partial charge in [0, 0.05) is 19.6 Å². The summed E-state index contributed by atoms with van der Waals surface area (Å²) >= 11 is 0. The Balaban J connectivity index is 2.39. The fourth-order valence-corrected chi connectivity index (χ4v) is 2.45. The molecule has 0 heterocycles. The number of carbonyl (C=O) groups excluding carboxylic acids is 1. The number of hydrogen-bond donors (Lipinski definition) is 2. The first-order chi connectivity index (χ1) is 8.10. The third-order valence-corrected chi connectivity index (χ3v) is 3.54. The van der Waals surface area contributed by atoms with Crippen LogP contribution in [0.4, 0.5) is 4.79 Å². The van der Waals surface area contributed by atoms with E-state index >= 15 is 0 Å². The van der Waals surface area contributed by atoms with E-state index in [4.69, 9.17) is 5.11 Å². The van der Waals surface area contributed by atoms with Crippen LogP contribution < -0.4 is 5.32 Å². The molecule has 1 saturated carbocycles. The van der Waals surface area contributed by atoms with Crippen LogP contribution in [0.2, 0.25) is 0 Å². The molecule has 0 aliphatic heterocycles. The van der Waals surface area contributed by atoms with Crippen molar-refractivity contribution in [2.75, 3.05) is 19.6 Å². The minimum absolute atomic E-state index is 0.0898. The molecule has 2 atom stereocenters. The molecule has 0 spiro atoms. The van der Waals surface area contributed by atoms with Crippen molar-refractivity contribution in [3.05, 3.63) is 0 Å². The summed E-state index contributed by atoms with van der Waals surface area (Å²) in [5.74, 6) is -0.927. The molecule has 1 aliphatic carbocycles. The highest BCUT2D eigenvalue weighted by Crippen LogP contribution is 2.31. The highest BCUT2D eigenvalue weighted by molar-refractivity contribution is 5.74. The molecule has 1 aliphatic rings. The Morgan fingerprint density at radius 3 is 2.47 bits per heavy atom. The number of rotatable bonds is 5. The van der Waals surface area contributed by atoms with Crippen LogP contribution in [0.1, 0.15) is 33.1 Å². The Hall–Kier alpha value is -1.26. The fraction of sp³-hybridized carbons (Fsp3) is 0.833. The molecule has 2 unspecified atom stereocenters. The van der Waals surface area contributed by atoms with Crippen LogP contribution in [-0.2, 0) is 4.79 Å². The average molecular weight is 242 g/mol. The molecular weight excluding hydrogens is 220 g/mol. The molecule has 2 N–H and O–H groups in total. The summed E-state index contributed by atoms with van der Waals surface area (Å²) in [7, 11) is 0. The Morgan fingerprint density at radius 2 is 1.94 bits per heavy atom. The Bertz CT molecular complexity index is 277. The van der Waals surface area contributed by atoms with Gasteiger partial charge in [0.05, 0.1) is 5.92 Å². The van der Waals surface area contributed by atoms with E-state index in [1.54, 1.807) is 4.90 Å². The van der Waals surface area contributed by atoms with Crippen molar-refractivity contribution in [1.82, 2.24) is 10.2 Å². The first-order valence-electron chi connectivity index (χ1n) is 6.35. The number of nitrogens with one attached hydrogen (secondary N) is 1. The van der Waals surface area contributed by atoms with Gasteiger partial charge < -0.3 is 15.3 Å². The number of amides is 2. The van der Waals surface area contributed by atoms with Gasteiger partial charge in [0.25, 0.3) is 0 Å². The average Bonchev–Trinajstić information content (AvgIpc) is 2.76. The second kappa shape index (κ2) is 6.47. The second-order valence-electron chi connectivity index (χ2n) is 4.49. The highest BCUT2D eigenvalue weighted by Gasteiger charge is 2.32. The van der Waals surface area contributed by atoms with E-state index in [1.165, 1.54) is 0 Å². The van der Waals surface area contributed by atoms with Crippen LogP contribution in [0.5, 0.6) is 0 Å². The normalized spacial score (nSPS) is 23.4. The topological polar surface area (TPSA) is 69.6 Å². The first-order valence-corrected chi connectivity index (χ1v) is 6.35. The van der Waals surface area contributed by atoms with Crippen LogP contribution in [-0.4, -0.2) is 41.6 Å². The third-order valence-electron chi connectivity index (χ3n) is 3.54. The Kier molecular flexibility index (Phi) is 5.25. The maximum Gasteiger partial charge on any atom is 0.317 e. The number of carboxylic acids is 1. The van der Waals surface area contributed by atoms with Crippen molar-refractivity contribution in [2.24, 2.45) is 11.8 Å². The molecule has 5 nitrogen and oxygen atoms in total. The molecule has 17 heavy (non-hydrogen) atoms. The van der Waals surface area contributed by atoms with E-state index in [9.17, 15) is 9.59 Å². The standard InChI is InChI=1S/C12H22N2O3/c1-3-14(4-2)12(17)13-8-9-6-5-7-10(9)11(15)16/h9-10H,3-8H2,1-2H3,(H,13,17)(H,15,16). The lowest BCUT2D eigenvalue weighted by Crippen LogP contribution is -2.42. The van der Waals surface area contributed by atoms with Crippen molar-refractivity contribution in [2.45, 2.75) is 33.1 Å². The summed E-state index contributed by atoms with van der Waals surface area (Å²) in [6.07, 6.45) is 2.58. The summed E-state index contributed by atoms with van der Waals surface area (Å²) in [5, 5.41) is 11.9. The van der Waals surface area contributed by atoms with Gasteiger partial charge in [0.1, 0.15) is 0 Å². The molecule has 2 amide bonds. The van der Waals surface area contributed by atoms with Crippen LogP contribution in [0.15, 0.2) is 0 Å². The van der Waals surface area contributed by atoms with E-state index in [2.05, 4.69) is 5.32 Å². The van der Waals surface area contributed by atoms with Gasteiger partial charge in [-0.15, -0.1) is 0 Å². The van der Waals surface area contributed by atoms with Crippen LogP contribution in [0.3, 0.4) is 0 Å². The van der Waals surface area contributed by atoms with Gasteiger partial charge in [-0.3, -0.25) is 4.79 Å². The first kappa shape index (κ1) is 13.8. The zero-order valence-corrected chi connectivity index (χ0v) is 10.6. The predicted molar refractivity (Wildman–Crippen MR) is 64.8 cm³/mol. The SMILES string of the molecule is CCN(CC)C(=O)NCC1CCCC1C(=O)O. The van der Waals surface area contributed by atoms with Gasteiger partial charge in [-0.05, 0) is 32.6 Å². The lowest BCUT2D eigenvalue weighted by atomic mass is 9.96. The van der Waals surface area contributed by atoms with Gasteiger partial charge in [-0.1, -0.05) is 6.42 Å². The van der Waals surface area contributed by atoms with Gasteiger partial charge in [-0.25, -0.2) is 4.79 Å². The summed E-state index contributed by atoms with van der Waals surface area (Å²) in [5.41, 5.74) is 0. The van der Waals surface area contributed by atoms with Crippen molar-refractivity contribution in [3.8, 4) is 0 Å². The van der Waals surface area contributed by atoms with Crippen molar-refractivity contribution < 1.29 is 14.7 Å². The zero-order valence-electron chi connectivity index (χ0n) is 10.6. The lowest BCUT2D eigenvalue weighted by molar-refractivity contribution is -0.142.